The Hall–Kier alpha value is 0.110. The van der Waals surface area contributed by atoms with Crippen LogP contribution in [0.3, 0.4) is 0 Å². The first kappa shape index (κ1) is 11.1. The summed E-state index contributed by atoms with van der Waals surface area (Å²) in [5.74, 6) is 2.33. The fourth-order valence-electron chi connectivity index (χ4n) is 0.685. The smallest absolute Gasteiger partial charge is 0.0359 e. The number of nitrogens with one attached hydrogen (secondary N) is 1. The average molecular weight is 177 g/mol. The summed E-state index contributed by atoms with van der Waals surface area (Å²) in [6.45, 7) is 5.19. The summed E-state index contributed by atoms with van der Waals surface area (Å²) in [6.07, 6.45) is 1.08. The largest absolute Gasteiger partial charge is 0.319 e. The molecule has 0 aliphatic rings. The zero-order valence-corrected chi connectivity index (χ0v) is 8.54. The zero-order valence-electron chi connectivity index (χ0n) is 7.72. The molecule has 0 saturated carbocycles. The van der Waals surface area contributed by atoms with Crippen molar-refractivity contribution < 1.29 is 4.21 Å². The highest BCUT2D eigenvalue weighted by Gasteiger charge is 2.00. The Balaban J connectivity index is 3.23. The Morgan fingerprint density at radius 3 is 2.45 bits per heavy atom. The fourth-order valence-corrected chi connectivity index (χ4v) is 2.06. The van der Waals surface area contributed by atoms with E-state index in [0.717, 1.165) is 24.5 Å². The second-order valence-electron chi connectivity index (χ2n) is 3.13. The van der Waals surface area contributed by atoms with Gasteiger partial charge in [0, 0.05) is 28.9 Å². The quantitative estimate of drug-likeness (QED) is 0.656. The van der Waals surface area contributed by atoms with Crippen LogP contribution in [-0.4, -0.2) is 29.3 Å². The van der Waals surface area contributed by atoms with Crippen molar-refractivity contribution in [2.24, 2.45) is 5.92 Å². The standard InChI is InChI=1S/C8H19NOS/c1-8(2)4-6-11(10)7-5-9-3/h8-9H,4-7H2,1-3H3. The van der Waals surface area contributed by atoms with Gasteiger partial charge in [0.05, 0.1) is 0 Å². The third-order valence-electron chi connectivity index (χ3n) is 1.50. The van der Waals surface area contributed by atoms with Gasteiger partial charge >= 0.3 is 0 Å². The Morgan fingerprint density at radius 2 is 2.00 bits per heavy atom. The van der Waals surface area contributed by atoms with Crippen molar-refractivity contribution in [3.05, 3.63) is 0 Å². The summed E-state index contributed by atoms with van der Waals surface area (Å²) >= 11 is 0. The first-order chi connectivity index (χ1) is 5.16. The molecule has 0 aliphatic carbocycles. The van der Waals surface area contributed by atoms with Gasteiger partial charge in [-0.05, 0) is 19.4 Å². The molecular weight excluding hydrogens is 158 g/mol. The second-order valence-corrected chi connectivity index (χ2v) is 4.83. The van der Waals surface area contributed by atoms with Gasteiger partial charge in [-0.25, -0.2) is 0 Å². The molecule has 0 fully saturated rings. The minimum Gasteiger partial charge on any atom is -0.319 e. The van der Waals surface area contributed by atoms with E-state index in [4.69, 9.17) is 0 Å². The van der Waals surface area contributed by atoms with E-state index < -0.39 is 10.8 Å². The number of hydrogen-bond acceptors (Lipinski definition) is 2. The molecule has 0 spiro atoms. The Bertz CT molecular complexity index is 115. The van der Waals surface area contributed by atoms with Gasteiger partial charge < -0.3 is 5.32 Å². The minimum atomic E-state index is -0.603. The van der Waals surface area contributed by atoms with Crippen LogP contribution in [0.25, 0.3) is 0 Å². The van der Waals surface area contributed by atoms with E-state index in [1.54, 1.807) is 0 Å². The number of hydrogen-bond donors (Lipinski definition) is 1. The van der Waals surface area contributed by atoms with E-state index >= 15 is 0 Å². The van der Waals surface area contributed by atoms with Gasteiger partial charge in [0.1, 0.15) is 0 Å². The van der Waals surface area contributed by atoms with Crippen LogP contribution in [-0.2, 0) is 10.8 Å². The van der Waals surface area contributed by atoms with Crippen LogP contribution < -0.4 is 5.32 Å². The van der Waals surface area contributed by atoms with Crippen molar-refractivity contribution in [1.29, 1.82) is 0 Å². The predicted molar refractivity (Wildman–Crippen MR) is 51.3 cm³/mol. The van der Waals surface area contributed by atoms with Crippen LogP contribution >= 0.6 is 0 Å². The molecule has 0 amide bonds. The average Bonchev–Trinajstić information content (AvgIpc) is 1.97. The summed E-state index contributed by atoms with van der Waals surface area (Å²) < 4.78 is 11.2. The molecule has 1 atom stereocenters. The molecule has 1 unspecified atom stereocenters. The molecule has 2 nitrogen and oxygen atoms in total. The third-order valence-corrected chi connectivity index (χ3v) is 2.85. The van der Waals surface area contributed by atoms with E-state index in [9.17, 15) is 4.21 Å². The lowest BCUT2D eigenvalue weighted by molar-refractivity contribution is 0.618. The lowest BCUT2D eigenvalue weighted by Crippen LogP contribution is -2.17. The van der Waals surface area contributed by atoms with Gasteiger partial charge in [-0.3, -0.25) is 4.21 Å². The van der Waals surface area contributed by atoms with Gasteiger partial charge in [-0.2, -0.15) is 0 Å². The maximum absolute atomic E-state index is 11.2. The molecule has 0 aromatic carbocycles. The summed E-state index contributed by atoms with van der Waals surface area (Å²) in [6, 6.07) is 0. The molecule has 11 heavy (non-hydrogen) atoms. The molecule has 68 valence electrons. The Morgan fingerprint density at radius 1 is 1.36 bits per heavy atom. The third kappa shape index (κ3) is 8.01. The maximum atomic E-state index is 11.2. The second kappa shape index (κ2) is 6.80. The summed E-state index contributed by atoms with van der Waals surface area (Å²) in [4.78, 5) is 0. The van der Waals surface area contributed by atoms with Crippen molar-refractivity contribution in [1.82, 2.24) is 5.32 Å². The zero-order chi connectivity index (χ0) is 8.69. The van der Waals surface area contributed by atoms with Gasteiger partial charge in [-0.1, -0.05) is 13.8 Å². The number of rotatable bonds is 6. The lowest BCUT2D eigenvalue weighted by atomic mass is 10.2. The Kier molecular flexibility index (Phi) is 6.87. The first-order valence-electron chi connectivity index (χ1n) is 4.16. The van der Waals surface area contributed by atoms with Crippen LogP contribution in [0.5, 0.6) is 0 Å². The maximum Gasteiger partial charge on any atom is 0.0359 e. The van der Waals surface area contributed by atoms with E-state index in [-0.39, 0.29) is 0 Å². The van der Waals surface area contributed by atoms with Gasteiger partial charge in [-0.15, -0.1) is 0 Å². The molecule has 1 N–H and O–H groups in total. The minimum absolute atomic E-state index is 0.603. The molecule has 0 saturated heterocycles. The SMILES string of the molecule is CNCCS(=O)CCC(C)C. The molecule has 3 heteroatoms. The molecule has 0 aliphatic heterocycles. The van der Waals surface area contributed by atoms with E-state index in [0.29, 0.717) is 5.92 Å². The molecular formula is C8H19NOS. The molecule has 0 aromatic heterocycles. The highest BCUT2D eigenvalue weighted by molar-refractivity contribution is 7.84. The highest BCUT2D eigenvalue weighted by Crippen LogP contribution is 2.00. The molecule has 0 rings (SSSR count). The topological polar surface area (TPSA) is 29.1 Å². The van der Waals surface area contributed by atoms with Crippen molar-refractivity contribution in [3.63, 3.8) is 0 Å². The van der Waals surface area contributed by atoms with Crippen molar-refractivity contribution in [3.8, 4) is 0 Å². The van der Waals surface area contributed by atoms with Crippen LogP contribution in [0.4, 0.5) is 0 Å². The van der Waals surface area contributed by atoms with Gasteiger partial charge in [0.2, 0.25) is 0 Å². The summed E-state index contributed by atoms with van der Waals surface area (Å²) in [5.41, 5.74) is 0. The van der Waals surface area contributed by atoms with Crippen LogP contribution in [0, 0.1) is 5.92 Å². The van der Waals surface area contributed by atoms with Gasteiger partial charge in [0.15, 0.2) is 0 Å². The van der Waals surface area contributed by atoms with Gasteiger partial charge in [0.25, 0.3) is 0 Å². The molecule has 0 aromatic rings. The lowest BCUT2D eigenvalue weighted by Gasteiger charge is -2.03. The van der Waals surface area contributed by atoms with Crippen molar-refractivity contribution >= 4 is 10.8 Å². The van der Waals surface area contributed by atoms with E-state index in [1.165, 1.54) is 0 Å². The highest BCUT2D eigenvalue weighted by atomic mass is 32.2. The normalized spacial score (nSPS) is 13.8. The van der Waals surface area contributed by atoms with Crippen molar-refractivity contribution in [2.75, 3.05) is 25.1 Å². The van der Waals surface area contributed by atoms with Crippen LogP contribution in [0.15, 0.2) is 0 Å². The molecule has 0 heterocycles. The first-order valence-corrected chi connectivity index (χ1v) is 5.65. The van der Waals surface area contributed by atoms with Crippen LogP contribution in [0.2, 0.25) is 0 Å². The van der Waals surface area contributed by atoms with Crippen molar-refractivity contribution in [2.45, 2.75) is 20.3 Å². The van der Waals surface area contributed by atoms with E-state index in [1.807, 2.05) is 7.05 Å². The molecule has 0 radical (unpaired) electrons. The Labute approximate surface area is 72.2 Å². The fraction of sp³-hybridized carbons (Fsp3) is 1.00. The van der Waals surface area contributed by atoms with Crippen LogP contribution in [0.1, 0.15) is 20.3 Å². The monoisotopic (exact) mass is 177 g/mol. The summed E-state index contributed by atoms with van der Waals surface area (Å²) in [7, 11) is 1.29. The summed E-state index contributed by atoms with van der Waals surface area (Å²) in [5, 5.41) is 2.99. The molecule has 0 bridgehead atoms. The predicted octanol–water partition coefficient (Wildman–Crippen LogP) is 1.00. The van der Waals surface area contributed by atoms with E-state index in [2.05, 4.69) is 19.2 Å².